The third kappa shape index (κ3) is 3.42. The van der Waals surface area contributed by atoms with Crippen LogP contribution in [0.15, 0.2) is 12.1 Å². The molecule has 0 aromatic heterocycles. The normalized spacial score (nSPS) is 11.5. The van der Waals surface area contributed by atoms with Gasteiger partial charge in [0.25, 0.3) is 5.69 Å². The highest BCUT2D eigenvalue weighted by Gasteiger charge is 2.21. The van der Waals surface area contributed by atoms with Gasteiger partial charge in [-0.2, -0.15) is 0 Å². The topological polar surface area (TPSA) is 142 Å². The van der Waals surface area contributed by atoms with E-state index in [1.54, 1.807) is 0 Å². The van der Waals surface area contributed by atoms with Crippen LogP contribution in [0.2, 0.25) is 0 Å². The number of carbonyl (C=O) groups excluding carboxylic acids is 1. The number of nitrogens with zero attached hydrogens (tertiary/aromatic N) is 1. The molecule has 1 aromatic rings. The van der Waals surface area contributed by atoms with E-state index >= 15 is 0 Å². The summed E-state index contributed by atoms with van der Waals surface area (Å²) in [5.74, 6) is -1.28. The molecule has 0 radical (unpaired) electrons. The number of nitrogens with two attached hydrogens (primary N) is 1. The van der Waals surface area contributed by atoms with Gasteiger partial charge in [-0.25, -0.2) is 0 Å². The summed E-state index contributed by atoms with van der Waals surface area (Å²) >= 11 is 0. The van der Waals surface area contributed by atoms with Crippen molar-refractivity contribution in [3.63, 3.8) is 0 Å². The van der Waals surface area contributed by atoms with Crippen molar-refractivity contribution in [1.29, 1.82) is 0 Å². The Morgan fingerprint density at radius 3 is 2.65 bits per heavy atom. The van der Waals surface area contributed by atoms with Gasteiger partial charge in [-0.05, 0) is 0 Å². The first-order chi connectivity index (χ1) is 9.40. The summed E-state index contributed by atoms with van der Waals surface area (Å²) in [5, 5.41) is 19.4. The van der Waals surface area contributed by atoms with E-state index in [4.69, 9.17) is 20.3 Å². The predicted molar refractivity (Wildman–Crippen MR) is 66.1 cm³/mol. The van der Waals surface area contributed by atoms with Crippen molar-refractivity contribution in [2.75, 3.05) is 13.7 Å². The van der Waals surface area contributed by atoms with Crippen LogP contribution in [0.5, 0.6) is 11.5 Å². The van der Waals surface area contributed by atoms with E-state index in [0.29, 0.717) is 6.29 Å². The molecule has 1 aromatic carbocycles. The Morgan fingerprint density at radius 1 is 1.55 bits per heavy atom. The molecule has 0 saturated carbocycles. The number of carbonyl (C=O) groups is 2. The summed E-state index contributed by atoms with van der Waals surface area (Å²) < 4.78 is 10.0. The molecule has 0 fully saturated rings. The average Bonchev–Trinajstić information content (AvgIpc) is 2.43. The third-order valence-corrected chi connectivity index (χ3v) is 2.37. The monoisotopic (exact) mass is 284 g/mol. The molecule has 0 bridgehead atoms. The maximum absolute atomic E-state index is 10.8. The highest BCUT2D eigenvalue weighted by Crippen LogP contribution is 2.33. The van der Waals surface area contributed by atoms with Crippen LogP contribution in [0.4, 0.5) is 5.69 Å². The number of ether oxygens (including phenoxy) is 2. The maximum atomic E-state index is 10.8. The highest BCUT2D eigenvalue weighted by atomic mass is 16.6. The van der Waals surface area contributed by atoms with Crippen LogP contribution in [0, 0.1) is 10.1 Å². The van der Waals surface area contributed by atoms with Crippen LogP contribution in [-0.4, -0.2) is 42.0 Å². The van der Waals surface area contributed by atoms with Crippen molar-refractivity contribution in [3.8, 4) is 11.5 Å². The molecule has 1 rings (SSSR count). The summed E-state index contributed by atoms with van der Waals surface area (Å²) in [6.07, 6.45) is 0.313. The minimum atomic E-state index is -1.29. The quantitative estimate of drug-likeness (QED) is 0.411. The van der Waals surface area contributed by atoms with Crippen molar-refractivity contribution < 1.29 is 29.1 Å². The molecule has 20 heavy (non-hydrogen) atoms. The molecule has 0 aliphatic carbocycles. The number of hydrogen-bond acceptors (Lipinski definition) is 7. The van der Waals surface area contributed by atoms with Crippen molar-refractivity contribution in [3.05, 3.63) is 27.8 Å². The molecule has 1 unspecified atom stereocenters. The first-order valence-corrected chi connectivity index (χ1v) is 5.33. The second-order valence-corrected chi connectivity index (χ2v) is 3.69. The molecule has 0 spiro atoms. The average molecular weight is 284 g/mol. The fourth-order valence-electron chi connectivity index (χ4n) is 1.34. The molecule has 3 N–H and O–H groups in total. The standard InChI is InChI=1S/C11H12N2O7/c1-19-9-2-6(4-14)8(13(17)18)3-10(9)20-5-7(12)11(15)16/h2-4,7H,5,12H2,1H3,(H,15,16). The summed E-state index contributed by atoms with van der Waals surface area (Å²) in [7, 11) is 1.28. The van der Waals surface area contributed by atoms with E-state index < -0.39 is 29.2 Å². The van der Waals surface area contributed by atoms with Gasteiger partial charge in [-0.3, -0.25) is 19.7 Å². The number of hydrogen-bond donors (Lipinski definition) is 2. The number of nitro groups is 1. The van der Waals surface area contributed by atoms with Gasteiger partial charge < -0.3 is 20.3 Å². The zero-order valence-corrected chi connectivity index (χ0v) is 10.4. The van der Waals surface area contributed by atoms with E-state index in [9.17, 15) is 19.7 Å². The van der Waals surface area contributed by atoms with Crippen LogP contribution >= 0.6 is 0 Å². The van der Waals surface area contributed by atoms with Gasteiger partial charge >= 0.3 is 5.97 Å². The number of aliphatic carboxylic acids is 1. The van der Waals surface area contributed by atoms with E-state index in [1.807, 2.05) is 0 Å². The van der Waals surface area contributed by atoms with Crippen molar-refractivity contribution in [1.82, 2.24) is 0 Å². The van der Waals surface area contributed by atoms with Crippen LogP contribution in [0.3, 0.4) is 0 Å². The van der Waals surface area contributed by atoms with E-state index in [0.717, 1.165) is 12.1 Å². The van der Waals surface area contributed by atoms with Gasteiger partial charge in [0.05, 0.1) is 23.7 Å². The SMILES string of the molecule is COc1cc(C=O)c([N+](=O)[O-])cc1OCC(N)C(=O)O. The first-order valence-electron chi connectivity index (χ1n) is 5.33. The third-order valence-electron chi connectivity index (χ3n) is 2.37. The fraction of sp³-hybridized carbons (Fsp3) is 0.273. The first kappa shape index (κ1) is 15.4. The molecule has 1 atom stereocenters. The van der Waals surface area contributed by atoms with Crippen molar-refractivity contribution in [2.45, 2.75) is 6.04 Å². The summed E-state index contributed by atoms with van der Waals surface area (Å²) in [6, 6.07) is 0.827. The molecular weight excluding hydrogens is 272 g/mol. The van der Waals surface area contributed by atoms with E-state index in [-0.39, 0.29) is 17.1 Å². The lowest BCUT2D eigenvalue weighted by molar-refractivity contribution is -0.385. The van der Waals surface area contributed by atoms with Gasteiger partial charge in [0.15, 0.2) is 17.8 Å². The van der Waals surface area contributed by atoms with Crippen molar-refractivity contribution in [2.24, 2.45) is 5.73 Å². The summed E-state index contributed by atoms with van der Waals surface area (Å²) in [5.41, 5.74) is 4.60. The molecule has 9 nitrogen and oxygen atoms in total. The number of carboxylic acids is 1. The smallest absolute Gasteiger partial charge is 0.324 e. The lowest BCUT2D eigenvalue weighted by Crippen LogP contribution is -2.36. The molecule has 0 heterocycles. The molecule has 0 saturated heterocycles. The van der Waals surface area contributed by atoms with Crippen LogP contribution in [-0.2, 0) is 4.79 Å². The Labute approximate surface area is 113 Å². The number of benzene rings is 1. The lowest BCUT2D eigenvalue weighted by atomic mass is 10.1. The zero-order chi connectivity index (χ0) is 15.3. The molecule has 9 heteroatoms. The number of aldehydes is 1. The minimum Gasteiger partial charge on any atom is -0.493 e. The molecule has 0 amide bonds. The molecular formula is C11H12N2O7. The lowest BCUT2D eigenvalue weighted by Gasteiger charge is -2.13. The van der Waals surface area contributed by atoms with Crippen molar-refractivity contribution >= 4 is 17.9 Å². The molecule has 0 aliphatic heterocycles. The van der Waals surface area contributed by atoms with E-state index in [2.05, 4.69) is 0 Å². The molecule has 0 aliphatic rings. The summed E-state index contributed by atoms with van der Waals surface area (Å²) in [4.78, 5) is 31.4. The molecule has 108 valence electrons. The van der Waals surface area contributed by atoms with Crippen LogP contribution in [0.1, 0.15) is 10.4 Å². The van der Waals surface area contributed by atoms with Gasteiger partial charge in [0.1, 0.15) is 12.6 Å². The van der Waals surface area contributed by atoms with Gasteiger partial charge in [0, 0.05) is 6.07 Å². The number of carboxylic acid groups (broad SMARTS) is 1. The number of nitro benzene ring substituents is 1. The van der Waals surface area contributed by atoms with Crippen LogP contribution < -0.4 is 15.2 Å². The summed E-state index contributed by atoms with van der Waals surface area (Å²) in [6.45, 7) is -0.400. The zero-order valence-electron chi connectivity index (χ0n) is 10.4. The van der Waals surface area contributed by atoms with Crippen LogP contribution in [0.25, 0.3) is 0 Å². The fourth-order valence-corrected chi connectivity index (χ4v) is 1.34. The Morgan fingerprint density at radius 2 is 2.20 bits per heavy atom. The minimum absolute atomic E-state index is 0.0651. The second-order valence-electron chi connectivity index (χ2n) is 3.69. The second kappa shape index (κ2) is 6.48. The largest absolute Gasteiger partial charge is 0.493 e. The van der Waals surface area contributed by atoms with Gasteiger partial charge in [-0.15, -0.1) is 0 Å². The number of rotatable bonds is 7. The highest BCUT2D eigenvalue weighted by molar-refractivity contribution is 5.83. The predicted octanol–water partition coefficient (Wildman–Crippen LogP) is 0.207. The van der Waals surface area contributed by atoms with Gasteiger partial charge in [-0.1, -0.05) is 0 Å². The Kier molecular flexibility index (Phi) is 4.98. The number of methoxy groups -OCH3 is 1. The maximum Gasteiger partial charge on any atom is 0.324 e. The Hall–Kier alpha value is -2.68. The Balaban J connectivity index is 3.11. The van der Waals surface area contributed by atoms with Gasteiger partial charge in [0.2, 0.25) is 0 Å². The van der Waals surface area contributed by atoms with E-state index in [1.165, 1.54) is 7.11 Å². The Bertz CT molecular complexity index is 544.